The molecule has 0 unspecified atom stereocenters. The maximum absolute atomic E-state index is 12.0. The van der Waals surface area contributed by atoms with Crippen LogP contribution in [0.5, 0.6) is 0 Å². The first-order valence-electron chi connectivity index (χ1n) is 5.82. The van der Waals surface area contributed by atoms with E-state index in [2.05, 4.69) is 18.4 Å². The third-order valence-electron chi connectivity index (χ3n) is 2.93. The SMILES string of the molecule is Cc1csc(C=C2C=c3ccccc3=CC2=O)c1. The number of benzene rings is 1. The number of carbonyl (C=O) groups excluding carboxylic acids is 1. The Morgan fingerprint density at radius 3 is 2.50 bits per heavy atom. The van der Waals surface area contributed by atoms with Crippen molar-refractivity contribution >= 4 is 35.3 Å². The van der Waals surface area contributed by atoms with Crippen LogP contribution in [0.1, 0.15) is 10.4 Å². The van der Waals surface area contributed by atoms with Crippen LogP contribution in [0.3, 0.4) is 0 Å². The molecule has 0 aliphatic heterocycles. The highest BCUT2D eigenvalue weighted by molar-refractivity contribution is 7.11. The molecule has 3 rings (SSSR count). The number of hydrogen-bond acceptors (Lipinski definition) is 2. The fourth-order valence-corrected chi connectivity index (χ4v) is 2.87. The summed E-state index contributed by atoms with van der Waals surface area (Å²) in [5.41, 5.74) is 2.00. The fraction of sp³-hybridized carbons (Fsp3) is 0.0625. The summed E-state index contributed by atoms with van der Waals surface area (Å²) in [6.45, 7) is 2.06. The van der Waals surface area contributed by atoms with Crippen molar-refractivity contribution in [3.8, 4) is 0 Å². The zero-order chi connectivity index (χ0) is 12.5. The van der Waals surface area contributed by atoms with E-state index in [0.29, 0.717) is 0 Å². The van der Waals surface area contributed by atoms with Crippen molar-refractivity contribution in [1.29, 1.82) is 0 Å². The van der Waals surface area contributed by atoms with Gasteiger partial charge < -0.3 is 0 Å². The van der Waals surface area contributed by atoms with Crippen molar-refractivity contribution in [3.63, 3.8) is 0 Å². The summed E-state index contributed by atoms with van der Waals surface area (Å²) in [4.78, 5) is 13.1. The van der Waals surface area contributed by atoms with Crippen LogP contribution in [0.15, 0.2) is 41.3 Å². The lowest BCUT2D eigenvalue weighted by atomic mass is 10.0. The van der Waals surface area contributed by atoms with Crippen LogP contribution in [0.25, 0.3) is 18.2 Å². The molecule has 1 aromatic carbocycles. The number of Topliss-reactive ketones (excluding diaryl/α,β-unsaturated/α-hetero) is 1. The molecule has 2 aromatic rings. The Morgan fingerprint density at radius 2 is 1.83 bits per heavy atom. The number of rotatable bonds is 1. The van der Waals surface area contributed by atoms with Gasteiger partial charge in [0.15, 0.2) is 5.78 Å². The summed E-state index contributed by atoms with van der Waals surface area (Å²) < 4.78 is 0. The molecule has 0 bridgehead atoms. The van der Waals surface area contributed by atoms with Gasteiger partial charge in [-0.25, -0.2) is 0 Å². The lowest BCUT2D eigenvalue weighted by molar-refractivity contribution is -0.109. The maximum atomic E-state index is 12.0. The van der Waals surface area contributed by atoms with Crippen LogP contribution in [0, 0.1) is 6.92 Å². The van der Waals surface area contributed by atoms with Crippen molar-refractivity contribution in [2.24, 2.45) is 0 Å². The zero-order valence-corrected chi connectivity index (χ0v) is 10.8. The molecular weight excluding hydrogens is 240 g/mol. The molecule has 0 spiro atoms. The van der Waals surface area contributed by atoms with E-state index < -0.39 is 0 Å². The maximum Gasteiger partial charge on any atom is 0.186 e. The van der Waals surface area contributed by atoms with E-state index in [1.54, 1.807) is 17.4 Å². The minimum Gasteiger partial charge on any atom is -0.289 e. The van der Waals surface area contributed by atoms with E-state index in [4.69, 9.17) is 0 Å². The second-order valence-electron chi connectivity index (χ2n) is 4.41. The van der Waals surface area contributed by atoms with E-state index in [1.165, 1.54) is 5.56 Å². The lowest BCUT2D eigenvalue weighted by Crippen LogP contribution is -2.29. The van der Waals surface area contributed by atoms with Crippen LogP contribution in [0.4, 0.5) is 0 Å². The molecular formula is C16H12OS. The number of allylic oxidation sites excluding steroid dienone is 1. The predicted octanol–water partition coefficient (Wildman–Crippen LogP) is 2.28. The van der Waals surface area contributed by atoms with Crippen LogP contribution in [-0.4, -0.2) is 5.78 Å². The fourth-order valence-electron chi connectivity index (χ4n) is 2.03. The van der Waals surface area contributed by atoms with Crippen LogP contribution < -0.4 is 10.4 Å². The van der Waals surface area contributed by atoms with Gasteiger partial charge >= 0.3 is 0 Å². The molecule has 1 heterocycles. The predicted molar refractivity (Wildman–Crippen MR) is 76.7 cm³/mol. The molecule has 1 aliphatic rings. The Kier molecular flexibility index (Phi) is 2.73. The van der Waals surface area contributed by atoms with Gasteiger partial charge in [0.05, 0.1) is 0 Å². The Labute approximate surface area is 109 Å². The Bertz CT molecular complexity index is 762. The van der Waals surface area contributed by atoms with Crippen molar-refractivity contribution in [1.82, 2.24) is 0 Å². The first-order chi connectivity index (χ1) is 8.72. The minimum atomic E-state index is 0.0831. The molecule has 0 saturated heterocycles. The Morgan fingerprint density at radius 1 is 1.11 bits per heavy atom. The topological polar surface area (TPSA) is 17.1 Å². The molecule has 0 fully saturated rings. The quantitative estimate of drug-likeness (QED) is 0.712. The largest absolute Gasteiger partial charge is 0.289 e. The number of hydrogen-bond donors (Lipinski definition) is 0. The molecule has 1 aromatic heterocycles. The summed E-state index contributed by atoms with van der Waals surface area (Å²) in [5.74, 6) is 0.0831. The van der Waals surface area contributed by atoms with Gasteiger partial charge in [-0.15, -0.1) is 11.3 Å². The third-order valence-corrected chi connectivity index (χ3v) is 3.92. The summed E-state index contributed by atoms with van der Waals surface area (Å²) in [6.07, 6.45) is 5.64. The molecule has 0 radical (unpaired) electrons. The summed E-state index contributed by atoms with van der Waals surface area (Å²) >= 11 is 1.66. The zero-order valence-electron chi connectivity index (χ0n) is 10.0. The van der Waals surface area contributed by atoms with E-state index in [-0.39, 0.29) is 5.78 Å². The standard InChI is InChI=1S/C16H12OS/c1-11-6-15(18-10-11)8-14-7-12-4-2-3-5-13(12)9-16(14)17/h2-10H,1H3. The van der Waals surface area contributed by atoms with E-state index >= 15 is 0 Å². The highest BCUT2D eigenvalue weighted by Gasteiger charge is 2.08. The second-order valence-corrected chi connectivity index (χ2v) is 5.35. The molecule has 2 heteroatoms. The molecule has 0 saturated carbocycles. The summed E-state index contributed by atoms with van der Waals surface area (Å²) in [5, 5.41) is 4.20. The molecule has 1 aliphatic carbocycles. The van der Waals surface area contributed by atoms with E-state index in [1.807, 2.05) is 36.4 Å². The number of thiophene rings is 1. The Hall–Kier alpha value is -1.93. The number of carbonyl (C=O) groups is 1. The smallest absolute Gasteiger partial charge is 0.186 e. The second kappa shape index (κ2) is 4.39. The van der Waals surface area contributed by atoms with Gasteiger partial charge in [-0.3, -0.25) is 4.79 Å². The minimum absolute atomic E-state index is 0.0831. The normalized spacial score (nSPS) is 16.1. The van der Waals surface area contributed by atoms with Gasteiger partial charge in [0.1, 0.15) is 0 Å². The van der Waals surface area contributed by atoms with Crippen molar-refractivity contribution in [2.75, 3.05) is 0 Å². The third kappa shape index (κ3) is 2.07. The number of fused-ring (bicyclic) bond motifs is 1. The molecule has 0 N–H and O–H groups in total. The highest BCUT2D eigenvalue weighted by Crippen LogP contribution is 2.18. The summed E-state index contributed by atoms with van der Waals surface area (Å²) in [6, 6.07) is 10.0. The monoisotopic (exact) mass is 252 g/mol. The Balaban J connectivity index is 2.13. The van der Waals surface area contributed by atoms with Crippen molar-refractivity contribution < 1.29 is 4.79 Å². The van der Waals surface area contributed by atoms with E-state index in [0.717, 1.165) is 20.9 Å². The van der Waals surface area contributed by atoms with Crippen LogP contribution in [-0.2, 0) is 4.79 Å². The van der Waals surface area contributed by atoms with Crippen LogP contribution in [0.2, 0.25) is 0 Å². The molecule has 0 amide bonds. The van der Waals surface area contributed by atoms with Crippen molar-refractivity contribution in [2.45, 2.75) is 6.92 Å². The molecule has 88 valence electrons. The van der Waals surface area contributed by atoms with Crippen LogP contribution >= 0.6 is 11.3 Å². The average molecular weight is 252 g/mol. The van der Waals surface area contributed by atoms with Gasteiger partial charge in [0, 0.05) is 10.5 Å². The molecule has 0 atom stereocenters. The summed E-state index contributed by atoms with van der Waals surface area (Å²) in [7, 11) is 0. The van der Waals surface area contributed by atoms with E-state index in [9.17, 15) is 4.79 Å². The number of ketones is 1. The first-order valence-corrected chi connectivity index (χ1v) is 6.70. The first kappa shape index (κ1) is 11.2. The molecule has 18 heavy (non-hydrogen) atoms. The van der Waals surface area contributed by atoms with Gasteiger partial charge in [-0.2, -0.15) is 0 Å². The number of aryl methyl sites for hydroxylation is 1. The van der Waals surface area contributed by atoms with Crippen molar-refractivity contribution in [3.05, 3.63) is 62.2 Å². The highest BCUT2D eigenvalue weighted by atomic mass is 32.1. The van der Waals surface area contributed by atoms with Gasteiger partial charge in [0.2, 0.25) is 0 Å². The van der Waals surface area contributed by atoms with Gasteiger partial charge in [0.25, 0.3) is 0 Å². The van der Waals surface area contributed by atoms with Gasteiger partial charge in [-0.05, 0) is 52.6 Å². The average Bonchev–Trinajstić information content (AvgIpc) is 2.76. The van der Waals surface area contributed by atoms with Gasteiger partial charge in [-0.1, -0.05) is 24.3 Å². The lowest BCUT2D eigenvalue weighted by Gasteiger charge is -2.03. The molecule has 1 nitrogen and oxygen atoms in total.